The number of ether oxygens (including phenoxy) is 1. The van der Waals surface area contributed by atoms with Gasteiger partial charge in [-0.1, -0.05) is 15.9 Å². The second kappa shape index (κ2) is 6.78. The Morgan fingerprint density at radius 2 is 2.00 bits per heavy atom. The molecule has 1 heterocycles. The Balaban J connectivity index is 1.89. The molecule has 0 saturated carbocycles. The van der Waals surface area contributed by atoms with Crippen LogP contribution < -0.4 is 10.1 Å². The monoisotopic (exact) mass is 322 g/mol. The van der Waals surface area contributed by atoms with Gasteiger partial charge in [-0.05, 0) is 50.4 Å². The molecular formula is C15H19BrN2O. The van der Waals surface area contributed by atoms with E-state index in [9.17, 15) is 0 Å². The first-order chi connectivity index (χ1) is 9.20. The summed E-state index contributed by atoms with van der Waals surface area (Å²) in [5.74, 6) is 0.901. The van der Waals surface area contributed by atoms with Gasteiger partial charge in [0, 0.05) is 22.4 Å². The van der Waals surface area contributed by atoms with Gasteiger partial charge in [0.2, 0.25) is 0 Å². The predicted molar refractivity (Wildman–Crippen MR) is 81.5 cm³/mol. The van der Waals surface area contributed by atoms with E-state index in [0.29, 0.717) is 12.6 Å². The number of rotatable bonds is 6. The standard InChI is InChI=1S/C15H19BrN2O/c1-12(17-2)15-4-3-9-18(15)10-11-19-14-7-5-13(16)6-8-14/h3-9,12,17H,10-11H2,1-2H3. The second-order valence-corrected chi connectivity index (χ2v) is 5.35. The molecule has 0 amide bonds. The first kappa shape index (κ1) is 14.2. The van der Waals surface area contributed by atoms with Crippen molar-refractivity contribution in [3.8, 4) is 5.75 Å². The van der Waals surface area contributed by atoms with Gasteiger partial charge in [0.05, 0.1) is 6.54 Å². The molecule has 0 spiro atoms. The van der Waals surface area contributed by atoms with Crippen LogP contribution in [0.2, 0.25) is 0 Å². The number of benzene rings is 1. The average Bonchev–Trinajstić information content (AvgIpc) is 2.88. The number of halogens is 1. The molecule has 102 valence electrons. The molecule has 2 aromatic rings. The van der Waals surface area contributed by atoms with Crippen molar-refractivity contribution in [2.45, 2.75) is 19.5 Å². The van der Waals surface area contributed by atoms with Gasteiger partial charge in [0.25, 0.3) is 0 Å². The van der Waals surface area contributed by atoms with Crippen LogP contribution in [0.5, 0.6) is 5.75 Å². The van der Waals surface area contributed by atoms with E-state index in [1.54, 1.807) is 0 Å². The van der Waals surface area contributed by atoms with Crippen LogP contribution in [0.4, 0.5) is 0 Å². The largest absolute Gasteiger partial charge is 0.492 e. The summed E-state index contributed by atoms with van der Waals surface area (Å²) in [6, 6.07) is 12.5. The molecular weight excluding hydrogens is 304 g/mol. The second-order valence-electron chi connectivity index (χ2n) is 4.44. The van der Waals surface area contributed by atoms with Gasteiger partial charge in [-0.3, -0.25) is 0 Å². The summed E-state index contributed by atoms with van der Waals surface area (Å²) in [4.78, 5) is 0. The fourth-order valence-corrected chi connectivity index (χ4v) is 2.23. The van der Waals surface area contributed by atoms with Crippen molar-refractivity contribution in [3.05, 3.63) is 52.8 Å². The van der Waals surface area contributed by atoms with Crippen LogP contribution in [0.15, 0.2) is 47.1 Å². The Kier molecular flexibility index (Phi) is 5.05. The average molecular weight is 323 g/mol. The Morgan fingerprint density at radius 1 is 1.26 bits per heavy atom. The van der Waals surface area contributed by atoms with E-state index in [-0.39, 0.29) is 0 Å². The lowest BCUT2D eigenvalue weighted by atomic mass is 10.2. The molecule has 1 N–H and O–H groups in total. The van der Waals surface area contributed by atoms with Gasteiger partial charge >= 0.3 is 0 Å². The number of nitrogens with one attached hydrogen (secondary N) is 1. The minimum atomic E-state index is 0.350. The minimum Gasteiger partial charge on any atom is -0.492 e. The molecule has 0 aliphatic rings. The summed E-state index contributed by atoms with van der Waals surface area (Å²) < 4.78 is 9.03. The number of nitrogens with zero attached hydrogens (tertiary/aromatic N) is 1. The highest BCUT2D eigenvalue weighted by atomic mass is 79.9. The van der Waals surface area contributed by atoms with E-state index in [0.717, 1.165) is 16.8 Å². The molecule has 1 aromatic heterocycles. The lowest BCUT2D eigenvalue weighted by Gasteiger charge is -2.15. The zero-order valence-electron chi connectivity index (χ0n) is 11.3. The van der Waals surface area contributed by atoms with Gasteiger partial charge in [-0.25, -0.2) is 0 Å². The van der Waals surface area contributed by atoms with Crippen LogP contribution in [-0.4, -0.2) is 18.2 Å². The van der Waals surface area contributed by atoms with Crippen LogP contribution >= 0.6 is 15.9 Å². The summed E-state index contributed by atoms with van der Waals surface area (Å²) >= 11 is 3.41. The molecule has 4 heteroatoms. The van der Waals surface area contributed by atoms with Crippen molar-refractivity contribution in [3.63, 3.8) is 0 Å². The van der Waals surface area contributed by atoms with E-state index in [4.69, 9.17) is 4.74 Å². The third-order valence-corrected chi connectivity index (χ3v) is 3.68. The third-order valence-electron chi connectivity index (χ3n) is 3.16. The number of aromatic nitrogens is 1. The molecule has 1 atom stereocenters. The molecule has 0 bridgehead atoms. The van der Waals surface area contributed by atoms with Gasteiger partial charge in [0.1, 0.15) is 12.4 Å². The van der Waals surface area contributed by atoms with Crippen molar-refractivity contribution in [1.29, 1.82) is 0 Å². The fraction of sp³-hybridized carbons (Fsp3) is 0.333. The molecule has 3 nitrogen and oxygen atoms in total. The molecule has 0 aliphatic carbocycles. The van der Waals surface area contributed by atoms with Crippen LogP contribution in [0.3, 0.4) is 0 Å². The van der Waals surface area contributed by atoms with Crippen molar-refractivity contribution in [2.75, 3.05) is 13.7 Å². The highest BCUT2D eigenvalue weighted by molar-refractivity contribution is 9.10. The van der Waals surface area contributed by atoms with Crippen molar-refractivity contribution in [2.24, 2.45) is 0 Å². The molecule has 0 radical (unpaired) electrons. The maximum Gasteiger partial charge on any atom is 0.119 e. The van der Waals surface area contributed by atoms with Gasteiger partial charge < -0.3 is 14.6 Å². The predicted octanol–water partition coefficient (Wildman–Crippen LogP) is 3.61. The molecule has 0 saturated heterocycles. The highest BCUT2D eigenvalue weighted by Crippen LogP contribution is 2.17. The van der Waals surface area contributed by atoms with Crippen molar-refractivity contribution >= 4 is 15.9 Å². The highest BCUT2D eigenvalue weighted by Gasteiger charge is 2.07. The maximum absolute atomic E-state index is 5.74. The Bertz CT molecular complexity index is 507. The zero-order valence-corrected chi connectivity index (χ0v) is 12.9. The van der Waals surface area contributed by atoms with Gasteiger partial charge in [-0.2, -0.15) is 0 Å². The van der Waals surface area contributed by atoms with Crippen LogP contribution in [0.25, 0.3) is 0 Å². The van der Waals surface area contributed by atoms with E-state index in [2.05, 4.69) is 51.1 Å². The minimum absolute atomic E-state index is 0.350. The Labute approximate surface area is 122 Å². The topological polar surface area (TPSA) is 26.2 Å². The SMILES string of the molecule is CNC(C)c1cccn1CCOc1ccc(Br)cc1. The first-order valence-electron chi connectivity index (χ1n) is 6.41. The summed E-state index contributed by atoms with van der Waals surface area (Å²) in [5, 5.41) is 3.26. The van der Waals surface area contributed by atoms with Crippen LogP contribution in [0.1, 0.15) is 18.7 Å². The van der Waals surface area contributed by atoms with Gasteiger partial charge in [-0.15, -0.1) is 0 Å². The van der Waals surface area contributed by atoms with Crippen molar-refractivity contribution in [1.82, 2.24) is 9.88 Å². The van der Waals surface area contributed by atoms with Crippen LogP contribution in [0, 0.1) is 0 Å². The van der Waals surface area contributed by atoms with Crippen molar-refractivity contribution < 1.29 is 4.74 Å². The quantitative estimate of drug-likeness (QED) is 0.879. The molecule has 19 heavy (non-hydrogen) atoms. The summed E-state index contributed by atoms with van der Waals surface area (Å²) in [7, 11) is 1.97. The normalized spacial score (nSPS) is 12.4. The van der Waals surface area contributed by atoms with E-state index in [1.165, 1.54) is 5.69 Å². The number of hydrogen-bond donors (Lipinski definition) is 1. The smallest absolute Gasteiger partial charge is 0.119 e. The van der Waals surface area contributed by atoms with E-state index >= 15 is 0 Å². The van der Waals surface area contributed by atoms with E-state index < -0.39 is 0 Å². The fourth-order valence-electron chi connectivity index (χ4n) is 1.96. The molecule has 0 fully saturated rings. The number of hydrogen-bond acceptors (Lipinski definition) is 2. The maximum atomic E-state index is 5.74. The molecule has 1 unspecified atom stereocenters. The zero-order chi connectivity index (χ0) is 13.7. The lowest BCUT2D eigenvalue weighted by Crippen LogP contribution is -2.18. The molecule has 2 rings (SSSR count). The van der Waals surface area contributed by atoms with E-state index in [1.807, 2.05) is 31.3 Å². The Hall–Kier alpha value is -1.26. The van der Waals surface area contributed by atoms with Gasteiger partial charge in [0.15, 0.2) is 0 Å². The Morgan fingerprint density at radius 3 is 2.68 bits per heavy atom. The third kappa shape index (κ3) is 3.85. The summed E-state index contributed by atoms with van der Waals surface area (Å²) in [6.45, 7) is 3.67. The van der Waals surface area contributed by atoms with Crippen LogP contribution in [-0.2, 0) is 6.54 Å². The summed E-state index contributed by atoms with van der Waals surface area (Å²) in [6.07, 6.45) is 2.09. The lowest BCUT2D eigenvalue weighted by molar-refractivity contribution is 0.295. The molecule has 0 aliphatic heterocycles. The summed E-state index contributed by atoms with van der Waals surface area (Å²) in [5.41, 5.74) is 1.28. The molecule has 1 aromatic carbocycles. The first-order valence-corrected chi connectivity index (χ1v) is 7.20.